The number of alkyl halides is 3. The summed E-state index contributed by atoms with van der Waals surface area (Å²) in [5.41, 5.74) is 0. The van der Waals surface area contributed by atoms with E-state index in [2.05, 4.69) is 0 Å². The molecule has 1 rings (SSSR count). The molecule has 0 fully saturated rings. The Hall–Kier alpha value is 0.994. The van der Waals surface area contributed by atoms with Crippen LogP contribution in [0.1, 0.15) is 17.4 Å². The van der Waals surface area contributed by atoms with E-state index in [1.54, 1.807) is 11.4 Å². The van der Waals surface area contributed by atoms with E-state index in [9.17, 15) is 18.3 Å². The molecule has 0 saturated heterocycles. The minimum absolute atomic E-state index is 0. The van der Waals surface area contributed by atoms with Crippen molar-refractivity contribution in [3.05, 3.63) is 22.4 Å². The Morgan fingerprint density at radius 3 is 2.33 bits per heavy atom. The zero-order valence-corrected chi connectivity index (χ0v) is 10.6. The van der Waals surface area contributed by atoms with Crippen molar-refractivity contribution in [1.29, 1.82) is 0 Å². The first kappa shape index (κ1) is 16.0. The number of aliphatic hydroxyl groups excluding tert-OH is 2. The first-order valence-electron chi connectivity index (χ1n) is 3.87. The van der Waals surface area contributed by atoms with Crippen LogP contribution in [0.5, 0.6) is 0 Å². The summed E-state index contributed by atoms with van der Waals surface area (Å²) in [5, 5.41) is 19.6. The molecule has 2 unspecified atom stereocenters. The molecule has 0 aliphatic heterocycles. The van der Waals surface area contributed by atoms with Crippen molar-refractivity contribution in [3.8, 4) is 0 Å². The third kappa shape index (κ3) is 5.23. The van der Waals surface area contributed by atoms with Crippen LogP contribution in [0, 0.1) is 49.4 Å². The number of hydrogen-bond donors (Lipinski definition) is 2. The molecule has 0 saturated carbocycles. The van der Waals surface area contributed by atoms with Gasteiger partial charge in [-0.3, -0.25) is 0 Å². The number of aliphatic hydroxyl groups is 2. The summed E-state index contributed by atoms with van der Waals surface area (Å²) in [6, 6.07) is 3.15. The third-order valence-corrected chi connectivity index (χ3v) is 2.67. The molecular formula is C8H9EuF3O2S. The molecule has 0 aliphatic carbocycles. The van der Waals surface area contributed by atoms with Gasteiger partial charge in [-0.1, -0.05) is 6.07 Å². The van der Waals surface area contributed by atoms with Crippen LogP contribution in [0.2, 0.25) is 0 Å². The quantitative estimate of drug-likeness (QED) is 0.846. The van der Waals surface area contributed by atoms with Gasteiger partial charge in [0.15, 0.2) is 6.10 Å². The predicted octanol–water partition coefficient (Wildman–Crippen LogP) is 2.09. The van der Waals surface area contributed by atoms with Gasteiger partial charge in [0.2, 0.25) is 0 Å². The molecule has 0 spiro atoms. The number of thiophene rings is 1. The van der Waals surface area contributed by atoms with Crippen LogP contribution in [-0.2, 0) is 0 Å². The Bertz CT molecular complexity index is 276. The maximum atomic E-state index is 11.9. The molecular weight excluding hydrogens is 369 g/mol. The molecule has 1 aromatic heterocycles. The molecule has 2 nitrogen and oxygen atoms in total. The molecule has 0 amide bonds. The zero-order chi connectivity index (χ0) is 10.8. The molecule has 2 atom stereocenters. The van der Waals surface area contributed by atoms with Gasteiger partial charge in [-0.05, 0) is 11.4 Å². The van der Waals surface area contributed by atoms with Crippen LogP contribution in [0.3, 0.4) is 0 Å². The predicted molar refractivity (Wildman–Crippen MR) is 46.0 cm³/mol. The molecule has 1 aromatic rings. The van der Waals surface area contributed by atoms with Crippen molar-refractivity contribution in [2.45, 2.75) is 24.8 Å². The average molecular weight is 378 g/mol. The van der Waals surface area contributed by atoms with Crippen molar-refractivity contribution in [1.82, 2.24) is 0 Å². The smallest absolute Gasteiger partial charge is 0.387 e. The molecule has 15 heavy (non-hydrogen) atoms. The Morgan fingerprint density at radius 2 is 1.93 bits per heavy atom. The zero-order valence-electron chi connectivity index (χ0n) is 7.41. The topological polar surface area (TPSA) is 40.5 Å². The van der Waals surface area contributed by atoms with Gasteiger partial charge in [-0.25, -0.2) is 0 Å². The summed E-state index contributed by atoms with van der Waals surface area (Å²) in [4.78, 5) is 0.424. The van der Waals surface area contributed by atoms with E-state index in [0.29, 0.717) is 4.88 Å². The fraction of sp³-hybridized carbons (Fsp3) is 0.500. The number of halogens is 3. The minimum Gasteiger partial charge on any atom is -0.387 e. The van der Waals surface area contributed by atoms with Crippen LogP contribution in [0.4, 0.5) is 13.2 Å². The molecule has 0 aliphatic rings. The summed E-state index contributed by atoms with van der Waals surface area (Å²) in [7, 11) is 0. The monoisotopic (exact) mass is 379 g/mol. The first-order chi connectivity index (χ1) is 6.41. The van der Waals surface area contributed by atoms with Gasteiger partial charge >= 0.3 is 6.18 Å². The molecule has 2 N–H and O–H groups in total. The van der Waals surface area contributed by atoms with Crippen molar-refractivity contribution in [3.63, 3.8) is 0 Å². The van der Waals surface area contributed by atoms with E-state index in [-0.39, 0.29) is 49.4 Å². The van der Waals surface area contributed by atoms with Gasteiger partial charge in [0.05, 0.1) is 6.10 Å². The molecule has 1 heterocycles. The summed E-state index contributed by atoms with van der Waals surface area (Å²) < 4.78 is 35.7. The third-order valence-electron chi connectivity index (χ3n) is 1.70. The van der Waals surface area contributed by atoms with E-state index in [4.69, 9.17) is 5.11 Å². The fourth-order valence-electron chi connectivity index (χ4n) is 0.942. The van der Waals surface area contributed by atoms with Crippen LogP contribution in [0.25, 0.3) is 0 Å². The second kappa shape index (κ2) is 6.66. The van der Waals surface area contributed by atoms with Crippen LogP contribution in [-0.4, -0.2) is 22.5 Å². The van der Waals surface area contributed by atoms with Crippen LogP contribution >= 0.6 is 11.3 Å². The molecule has 87 valence electrons. The van der Waals surface area contributed by atoms with E-state index in [1.165, 1.54) is 6.07 Å². The van der Waals surface area contributed by atoms with Crippen LogP contribution in [0.15, 0.2) is 17.5 Å². The van der Waals surface area contributed by atoms with E-state index in [1.807, 2.05) is 0 Å². The van der Waals surface area contributed by atoms with Crippen molar-refractivity contribution in [2.75, 3.05) is 0 Å². The average Bonchev–Trinajstić information content (AvgIpc) is 2.53. The fourth-order valence-corrected chi connectivity index (χ4v) is 1.67. The number of rotatable bonds is 3. The summed E-state index contributed by atoms with van der Waals surface area (Å²) in [5.74, 6) is 0. The molecule has 7 heteroatoms. The maximum Gasteiger partial charge on any atom is 0.414 e. The number of hydrogen-bond acceptors (Lipinski definition) is 3. The summed E-state index contributed by atoms with van der Waals surface area (Å²) in [6.45, 7) is 0. The van der Waals surface area contributed by atoms with Gasteiger partial charge in [0.1, 0.15) is 0 Å². The first-order valence-corrected chi connectivity index (χ1v) is 4.75. The van der Waals surface area contributed by atoms with Gasteiger partial charge in [-0.15, -0.1) is 11.3 Å². The second-order valence-corrected chi connectivity index (χ2v) is 3.80. The van der Waals surface area contributed by atoms with Gasteiger partial charge < -0.3 is 10.2 Å². The van der Waals surface area contributed by atoms with Crippen LogP contribution < -0.4 is 0 Å². The SMILES string of the molecule is OC(CC(O)C(F)(F)F)c1cccs1.[Eu]. The molecule has 1 radical (unpaired) electrons. The summed E-state index contributed by atoms with van der Waals surface area (Å²) >= 11 is 1.16. The summed E-state index contributed by atoms with van der Waals surface area (Å²) in [6.07, 6.45) is -9.12. The normalized spacial score (nSPS) is 15.5. The van der Waals surface area contributed by atoms with E-state index < -0.39 is 24.8 Å². The Kier molecular flexibility index (Phi) is 7.10. The van der Waals surface area contributed by atoms with E-state index >= 15 is 0 Å². The van der Waals surface area contributed by atoms with Gasteiger partial charge in [0.25, 0.3) is 0 Å². The van der Waals surface area contributed by atoms with Crippen molar-refractivity contribution < 1.29 is 72.8 Å². The Labute approximate surface area is 130 Å². The van der Waals surface area contributed by atoms with E-state index in [0.717, 1.165) is 11.3 Å². The van der Waals surface area contributed by atoms with Gasteiger partial charge in [-0.2, -0.15) is 13.2 Å². The van der Waals surface area contributed by atoms with Crippen molar-refractivity contribution in [2.24, 2.45) is 0 Å². The largest absolute Gasteiger partial charge is 0.414 e. The second-order valence-electron chi connectivity index (χ2n) is 2.82. The van der Waals surface area contributed by atoms with Crippen molar-refractivity contribution >= 4 is 11.3 Å². The Balaban J connectivity index is 0.00000196. The standard InChI is InChI=1S/C8H9F3O2S.Eu/c9-8(10,11)7(13)4-5(12)6-2-1-3-14-6;/h1-3,5,7,12-13H,4H2;. The Morgan fingerprint density at radius 1 is 1.33 bits per heavy atom. The molecule has 0 aromatic carbocycles. The maximum absolute atomic E-state index is 11.9. The minimum atomic E-state index is -4.67. The van der Waals surface area contributed by atoms with Gasteiger partial charge in [0, 0.05) is 60.7 Å². The molecule has 0 bridgehead atoms.